The Hall–Kier alpha value is -2.56. The van der Waals surface area contributed by atoms with Crippen molar-refractivity contribution in [3.8, 4) is 11.5 Å². The molecule has 1 heterocycles. The second-order valence-corrected chi connectivity index (χ2v) is 4.27. The van der Waals surface area contributed by atoms with E-state index < -0.39 is 0 Å². The molecule has 0 saturated carbocycles. The Balaban J connectivity index is 2.21. The zero-order valence-electron chi connectivity index (χ0n) is 11.6. The largest absolute Gasteiger partial charge is 0.493 e. The van der Waals surface area contributed by atoms with Gasteiger partial charge >= 0.3 is 0 Å². The lowest BCUT2D eigenvalue weighted by atomic mass is 10.2. The minimum absolute atomic E-state index is 0.224. The molecule has 0 atom stereocenters. The van der Waals surface area contributed by atoms with Crippen molar-refractivity contribution in [1.82, 2.24) is 4.98 Å². The number of rotatable bonds is 4. The molecule has 0 unspecified atom stereocenters. The maximum atomic E-state index is 12.2. The molecule has 1 amide bonds. The third kappa shape index (κ3) is 3.06. The fourth-order valence-electron chi connectivity index (χ4n) is 1.80. The first-order valence-electron chi connectivity index (χ1n) is 6.09. The van der Waals surface area contributed by atoms with Crippen LogP contribution in [0.2, 0.25) is 0 Å². The van der Waals surface area contributed by atoms with Crippen LogP contribution in [0.5, 0.6) is 11.5 Å². The lowest BCUT2D eigenvalue weighted by Crippen LogP contribution is -2.12. The maximum absolute atomic E-state index is 12.2. The Bertz CT molecular complexity index is 626. The molecule has 0 saturated heterocycles. The molecule has 1 aromatic heterocycles. The smallest absolute Gasteiger partial charge is 0.255 e. The summed E-state index contributed by atoms with van der Waals surface area (Å²) in [7, 11) is 3.08. The molecule has 2 rings (SSSR count). The van der Waals surface area contributed by atoms with E-state index in [-0.39, 0.29) is 5.91 Å². The highest BCUT2D eigenvalue weighted by Gasteiger charge is 2.11. The van der Waals surface area contributed by atoms with Gasteiger partial charge in [0.2, 0.25) is 0 Å². The molecule has 5 nitrogen and oxygen atoms in total. The van der Waals surface area contributed by atoms with E-state index in [4.69, 9.17) is 9.47 Å². The molecular weight excluding hydrogens is 256 g/mol. The molecule has 0 aliphatic rings. The van der Waals surface area contributed by atoms with Crippen LogP contribution in [0.3, 0.4) is 0 Å². The number of carbonyl (C=O) groups excluding carboxylic acids is 1. The van der Waals surface area contributed by atoms with E-state index in [9.17, 15) is 4.79 Å². The van der Waals surface area contributed by atoms with Crippen LogP contribution in [-0.4, -0.2) is 25.1 Å². The molecule has 5 heteroatoms. The van der Waals surface area contributed by atoms with Crippen LogP contribution in [0, 0.1) is 6.92 Å². The van der Waals surface area contributed by atoms with E-state index in [2.05, 4.69) is 10.3 Å². The monoisotopic (exact) mass is 272 g/mol. The van der Waals surface area contributed by atoms with Gasteiger partial charge in [0.15, 0.2) is 11.5 Å². The van der Waals surface area contributed by atoms with Crippen molar-refractivity contribution in [1.29, 1.82) is 0 Å². The Morgan fingerprint density at radius 2 is 1.85 bits per heavy atom. The fraction of sp³-hybridized carbons (Fsp3) is 0.200. The highest BCUT2D eigenvalue weighted by atomic mass is 16.5. The molecule has 0 bridgehead atoms. The SMILES string of the molecule is COc1ccc(C(=O)Nc2cncc(C)c2)cc1OC. The first-order valence-corrected chi connectivity index (χ1v) is 6.09. The number of hydrogen-bond acceptors (Lipinski definition) is 4. The van der Waals surface area contributed by atoms with E-state index >= 15 is 0 Å². The van der Waals surface area contributed by atoms with Crippen molar-refractivity contribution in [3.05, 3.63) is 47.8 Å². The molecule has 0 aliphatic carbocycles. The van der Waals surface area contributed by atoms with Crippen molar-refractivity contribution in [2.75, 3.05) is 19.5 Å². The second-order valence-electron chi connectivity index (χ2n) is 4.27. The third-order valence-corrected chi connectivity index (χ3v) is 2.78. The highest BCUT2D eigenvalue weighted by Crippen LogP contribution is 2.27. The van der Waals surface area contributed by atoms with Crippen molar-refractivity contribution in [2.24, 2.45) is 0 Å². The number of anilines is 1. The second kappa shape index (κ2) is 6.06. The third-order valence-electron chi connectivity index (χ3n) is 2.78. The Morgan fingerprint density at radius 3 is 2.50 bits per heavy atom. The van der Waals surface area contributed by atoms with Gasteiger partial charge in [-0.1, -0.05) is 0 Å². The van der Waals surface area contributed by atoms with E-state index in [0.29, 0.717) is 22.7 Å². The summed E-state index contributed by atoms with van der Waals surface area (Å²) in [4.78, 5) is 16.2. The van der Waals surface area contributed by atoms with Gasteiger partial charge in [-0.3, -0.25) is 9.78 Å². The molecule has 104 valence electrons. The van der Waals surface area contributed by atoms with E-state index in [0.717, 1.165) is 5.56 Å². The summed E-state index contributed by atoms with van der Waals surface area (Å²) in [6.45, 7) is 1.92. The van der Waals surface area contributed by atoms with E-state index in [1.807, 2.05) is 13.0 Å². The number of carbonyl (C=O) groups is 1. The predicted octanol–water partition coefficient (Wildman–Crippen LogP) is 2.66. The topological polar surface area (TPSA) is 60.5 Å². The number of amides is 1. The predicted molar refractivity (Wildman–Crippen MR) is 76.5 cm³/mol. The molecule has 20 heavy (non-hydrogen) atoms. The molecule has 0 radical (unpaired) electrons. The fourth-order valence-corrected chi connectivity index (χ4v) is 1.80. The number of nitrogens with one attached hydrogen (secondary N) is 1. The van der Waals surface area contributed by atoms with Crippen molar-refractivity contribution >= 4 is 11.6 Å². The summed E-state index contributed by atoms with van der Waals surface area (Å²) in [5.41, 5.74) is 2.13. The number of aromatic nitrogens is 1. The molecule has 0 aliphatic heterocycles. The Labute approximate surface area is 117 Å². The van der Waals surface area contributed by atoms with Crippen LogP contribution in [0.15, 0.2) is 36.7 Å². The van der Waals surface area contributed by atoms with Crippen LogP contribution < -0.4 is 14.8 Å². The number of nitrogens with zero attached hydrogens (tertiary/aromatic N) is 1. The molecule has 0 fully saturated rings. The first-order chi connectivity index (χ1) is 9.63. The summed E-state index contributed by atoms with van der Waals surface area (Å²) in [5.74, 6) is 0.877. The van der Waals surface area contributed by atoms with Gasteiger partial charge in [-0.2, -0.15) is 0 Å². The lowest BCUT2D eigenvalue weighted by molar-refractivity contribution is 0.102. The maximum Gasteiger partial charge on any atom is 0.255 e. The van der Waals surface area contributed by atoms with E-state index in [1.165, 1.54) is 7.11 Å². The van der Waals surface area contributed by atoms with Crippen molar-refractivity contribution in [2.45, 2.75) is 6.92 Å². The standard InChI is InChI=1S/C15H16N2O3/c1-10-6-12(9-16-8-10)17-15(18)11-4-5-13(19-2)14(7-11)20-3/h4-9H,1-3H3,(H,17,18). The van der Waals surface area contributed by atoms with Gasteiger partial charge < -0.3 is 14.8 Å². The van der Waals surface area contributed by atoms with Crippen LogP contribution >= 0.6 is 0 Å². The summed E-state index contributed by atoms with van der Waals surface area (Å²) < 4.78 is 10.3. The summed E-state index contributed by atoms with van der Waals surface area (Å²) in [5, 5.41) is 2.79. The zero-order chi connectivity index (χ0) is 14.5. The van der Waals surface area contributed by atoms with Gasteiger partial charge in [-0.25, -0.2) is 0 Å². The van der Waals surface area contributed by atoms with Crippen LogP contribution in [0.4, 0.5) is 5.69 Å². The van der Waals surface area contributed by atoms with Crippen LogP contribution in [0.25, 0.3) is 0 Å². The van der Waals surface area contributed by atoms with Gasteiger partial charge in [0.05, 0.1) is 26.1 Å². The van der Waals surface area contributed by atoms with Crippen molar-refractivity contribution in [3.63, 3.8) is 0 Å². The molecule has 1 aromatic carbocycles. The van der Waals surface area contributed by atoms with Crippen LogP contribution in [0.1, 0.15) is 15.9 Å². The summed E-state index contributed by atoms with van der Waals surface area (Å²) in [6.07, 6.45) is 3.33. The average Bonchev–Trinajstić information content (AvgIpc) is 2.46. The van der Waals surface area contributed by atoms with Gasteiger partial charge in [-0.15, -0.1) is 0 Å². The molecular formula is C15H16N2O3. The Kier molecular flexibility index (Phi) is 4.20. The average molecular weight is 272 g/mol. The zero-order valence-corrected chi connectivity index (χ0v) is 11.6. The number of pyridine rings is 1. The van der Waals surface area contributed by atoms with Gasteiger partial charge in [-0.05, 0) is 36.8 Å². The number of benzene rings is 1. The normalized spacial score (nSPS) is 9.95. The summed E-state index contributed by atoms with van der Waals surface area (Å²) >= 11 is 0. The van der Waals surface area contributed by atoms with Crippen molar-refractivity contribution < 1.29 is 14.3 Å². The lowest BCUT2D eigenvalue weighted by Gasteiger charge is -2.10. The first kappa shape index (κ1) is 13.9. The minimum atomic E-state index is -0.224. The van der Waals surface area contributed by atoms with Gasteiger partial charge in [0, 0.05) is 11.8 Å². The molecule has 0 spiro atoms. The number of methoxy groups -OCH3 is 2. The quantitative estimate of drug-likeness (QED) is 0.929. The number of hydrogen-bond donors (Lipinski definition) is 1. The van der Waals surface area contributed by atoms with Gasteiger partial charge in [0.1, 0.15) is 0 Å². The molecule has 1 N–H and O–H groups in total. The van der Waals surface area contributed by atoms with Crippen LogP contribution in [-0.2, 0) is 0 Å². The number of aryl methyl sites for hydroxylation is 1. The highest BCUT2D eigenvalue weighted by molar-refractivity contribution is 6.04. The number of ether oxygens (including phenoxy) is 2. The molecule has 2 aromatic rings. The minimum Gasteiger partial charge on any atom is -0.493 e. The Morgan fingerprint density at radius 1 is 1.10 bits per heavy atom. The summed E-state index contributed by atoms with van der Waals surface area (Å²) in [6, 6.07) is 6.87. The van der Waals surface area contributed by atoms with Gasteiger partial charge in [0.25, 0.3) is 5.91 Å². The van der Waals surface area contributed by atoms with E-state index in [1.54, 1.807) is 37.7 Å².